The van der Waals surface area contributed by atoms with Crippen LogP contribution < -0.4 is 5.32 Å². The fourth-order valence-corrected chi connectivity index (χ4v) is 3.04. The van der Waals surface area contributed by atoms with E-state index in [4.69, 9.17) is 10.00 Å². The van der Waals surface area contributed by atoms with Crippen LogP contribution in [0, 0.1) is 11.3 Å². The van der Waals surface area contributed by atoms with Gasteiger partial charge in [-0.05, 0) is 39.7 Å². The number of amides is 1. The lowest BCUT2D eigenvalue weighted by Crippen LogP contribution is -2.42. The van der Waals surface area contributed by atoms with Crippen LogP contribution in [0.15, 0.2) is 30.9 Å². The first-order chi connectivity index (χ1) is 13.4. The SMILES string of the molecule is CC(C)(C)OC(=O)N1CCC[C@H]1CNc1cnc(-c2cncc(C#N)c2)cn1. The number of nitriles is 1. The molecule has 0 spiro atoms. The zero-order valence-electron chi connectivity index (χ0n) is 16.3. The molecule has 1 atom stereocenters. The number of aromatic nitrogens is 3. The molecule has 0 bridgehead atoms. The zero-order chi connectivity index (χ0) is 20.1. The van der Waals surface area contributed by atoms with Crippen LogP contribution in [0.3, 0.4) is 0 Å². The van der Waals surface area contributed by atoms with Crippen LogP contribution in [-0.4, -0.2) is 50.7 Å². The molecule has 3 heterocycles. The number of nitrogens with one attached hydrogen (secondary N) is 1. The second-order valence-corrected chi connectivity index (χ2v) is 7.71. The van der Waals surface area contributed by atoms with Crippen LogP contribution in [0.4, 0.5) is 10.6 Å². The van der Waals surface area contributed by atoms with Crippen molar-refractivity contribution in [1.82, 2.24) is 19.9 Å². The average Bonchev–Trinajstić information content (AvgIpc) is 3.14. The Morgan fingerprint density at radius 3 is 2.82 bits per heavy atom. The molecule has 3 rings (SSSR count). The monoisotopic (exact) mass is 380 g/mol. The third-order valence-corrected chi connectivity index (χ3v) is 4.34. The van der Waals surface area contributed by atoms with Crippen molar-refractivity contribution >= 4 is 11.9 Å². The minimum Gasteiger partial charge on any atom is -0.444 e. The van der Waals surface area contributed by atoms with E-state index in [9.17, 15) is 4.79 Å². The maximum Gasteiger partial charge on any atom is 0.410 e. The van der Waals surface area contributed by atoms with Gasteiger partial charge in [0.1, 0.15) is 17.5 Å². The van der Waals surface area contributed by atoms with Crippen molar-refractivity contribution in [1.29, 1.82) is 5.26 Å². The molecule has 0 unspecified atom stereocenters. The highest BCUT2D eigenvalue weighted by molar-refractivity contribution is 5.69. The van der Waals surface area contributed by atoms with Gasteiger partial charge in [0.15, 0.2) is 0 Å². The van der Waals surface area contributed by atoms with Crippen LogP contribution >= 0.6 is 0 Å². The van der Waals surface area contributed by atoms with E-state index in [1.54, 1.807) is 29.6 Å². The van der Waals surface area contributed by atoms with Gasteiger partial charge in [0, 0.05) is 31.0 Å². The molecule has 1 fully saturated rings. The van der Waals surface area contributed by atoms with Crippen molar-refractivity contribution in [2.45, 2.75) is 45.3 Å². The quantitative estimate of drug-likeness (QED) is 0.868. The van der Waals surface area contributed by atoms with Gasteiger partial charge in [-0.25, -0.2) is 9.78 Å². The van der Waals surface area contributed by atoms with E-state index in [-0.39, 0.29) is 12.1 Å². The molecule has 8 heteroatoms. The first-order valence-electron chi connectivity index (χ1n) is 9.27. The van der Waals surface area contributed by atoms with Crippen LogP contribution in [0.2, 0.25) is 0 Å². The number of nitrogens with zero attached hydrogens (tertiary/aromatic N) is 5. The van der Waals surface area contributed by atoms with Gasteiger partial charge in [0.25, 0.3) is 0 Å². The molecule has 28 heavy (non-hydrogen) atoms. The van der Waals surface area contributed by atoms with Gasteiger partial charge in [-0.2, -0.15) is 5.26 Å². The van der Waals surface area contributed by atoms with Crippen molar-refractivity contribution in [2.24, 2.45) is 0 Å². The van der Waals surface area contributed by atoms with Crippen molar-refractivity contribution in [2.75, 3.05) is 18.4 Å². The van der Waals surface area contributed by atoms with E-state index < -0.39 is 5.60 Å². The van der Waals surface area contributed by atoms with E-state index in [1.165, 1.54) is 6.20 Å². The second-order valence-electron chi connectivity index (χ2n) is 7.71. The molecule has 2 aromatic heterocycles. The number of anilines is 1. The number of rotatable bonds is 4. The van der Waals surface area contributed by atoms with E-state index in [0.29, 0.717) is 30.2 Å². The van der Waals surface area contributed by atoms with Gasteiger partial charge in [0.05, 0.1) is 29.7 Å². The van der Waals surface area contributed by atoms with Crippen LogP contribution in [0.25, 0.3) is 11.3 Å². The van der Waals surface area contributed by atoms with Gasteiger partial charge < -0.3 is 15.0 Å². The molecule has 0 aliphatic carbocycles. The summed E-state index contributed by atoms with van der Waals surface area (Å²) in [6, 6.07) is 3.85. The Hall–Kier alpha value is -3.21. The number of hydrogen-bond donors (Lipinski definition) is 1. The smallest absolute Gasteiger partial charge is 0.410 e. The predicted molar refractivity (Wildman–Crippen MR) is 104 cm³/mol. The fourth-order valence-electron chi connectivity index (χ4n) is 3.04. The van der Waals surface area contributed by atoms with Crippen molar-refractivity contribution in [3.63, 3.8) is 0 Å². The third-order valence-electron chi connectivity index (χ3n) is 4.34. The molecule has 1 N–H and O–H groups in total. The third kappa shape index (κ3) is 4.94. The number of carbonyl (C=O) groups is 1. The molecule has 1 saturated heterocycles. The highest BCUT2D eigenvalue weighted by Gasteiger charge is 2.31. The minimum atomic E-state index is -0.503. The molecule has 146 valence electrons. The Kier molecular flexibility index (Phi) is 5.73. The summed E-state index contributed by atoms with van der Waals surface area (Å²) in [5, 5.41) is 12.2. The molecule has 8 nitrogen and oxygen atoms in total. The lowest BCUT2D eigenvalue weighted by atomic mass is 10.2. The number of hydrogen-bond acceptors (Lipinski definition) is 7. The average molecular weight is 380 g/mol. The number of likely N-dealkylation sites (tertiary alicyclic amines) is 1. The highest BCUT2D eigenvalue weighted by atomic mass is 16.6. The standard InChI is InChI=1S/C20H24N6O2/c1-20(2,3)28-19(27)26-6-4-5-16(26)11-24-18-13-23-17(12-25-18)15-7-14(8-21)9-22-10-15/h7,9-10,12-13,16H,4-6,11H2,1-3H3,(H,24,25)/t16-/m0/s1. The lowest BCUT2D eigenvalue weighted by molar-refractivity contribution is 0.0235. The maximum absolute atomic E-state index is 12.4. The summed E-state index contributed by atoms with van der Waals surface area (Å²) in [5.74, 6) is 0.629. The van der Waals surface area contributed by atoms with Crippen molar-refractivity contribution in [3.05, 3.63) is 36.4 Å². The molecule has 0 saturated carbocycles. The molecular formula is C20H24N6O2. The molecule has 1 aliphatic rings. The summed E-state index contributed by atoms with van der Waals surface area (Å²) in [6.45, 7) is 6.89. The van der Waals surface area contributed by atoms with Gasteiger partial charge >= 0.3 is 6.09 Å². The van der Waals surface area contributed by atoms with Gasteiger partial charge in [0.2, 0.25) is 0 Å². The van der Waals surface area contributed by atoms with Crippen LogP contribution in [0.1, 0.15) is 39.2 Å². The number of carbonyl (C=O) groups excluding carboxylic acids is 1. The summed E-state index contributed by atoms with van der Waals surface area (Å²) in [5.41, 5.74) is 1.36. The van der Waals surface area contributed by atoms with Crippen LogP contribution in [-0.2, 0) is 4.74 Å². The van der Waals surface area contributed by atoms with Gasteiger partial charge in [-0.3, -0.25) is 9.97 Å². The Morgan fingerprint density at radius 1 is 1.32 bits per heavy atom. The van der Waals surface area contributed by atoms with E-state index in [1.807, 2.05) is 20.8 Å². The first-order valence-corrected chi connectivity index (χ1v) is 9.27. The Balaban J connectivity index is 1.60. The molecule has 0 radical (unpaired) electrons. The van der Waals surface area contributed by atoms with Crippen molar-refractivity contribution < 1.29 is 9.53 Å². The second kappa shape index (κ2) is 8.21. The molecular weight excluding hydrogens is 356 g/mol. The zero-order valence-corrected chi connectivity index (χ0v) is 16.3. The van der Waals surface area contributed by atoms with Crippen molar-refractivity contribution in [3.8, 4) is 17.3 Å². The van der Waals surface area contributed by atoms with Crippen LogP contribution in [0.5, 0.6) is 0 Å². The number of pyridine rings is 1. The summed E-state index contributed by atoms with van der Waals surface area (Å²) in [7, 11) is 0. The predicted octanol–water partition coefficient (Wildman–Crippen LogP) is 3.22. The molecule has 2 aromatic rings. The Morgan fingerprint density at radius 2 is 2.14 bits per heavy atom. The maximum atomic E-state index is 12.4. The van der Waals surface area contributed by atoms with E-state index >= 15 is 0 Å². The summed E-state index contributed by atoms with van der Waals surface area (Å²) in [6.07, 6.45) is 8.04. The highest BCUT2D eigenvalue weighted by Crippen LogP contribution is 2.22. The Bertz CT molecular complexity index is 870. The van der Waals surface area contributed by atoms with E-state index in [0.717, 1.165) is 18.4 Å². The Labute approximate surface area is 164 Å². The normalized spacial score (nSPS) is 16.5. The van der Waals surface area contributed by atoms with Gasteiger partial charge in [-0.1, -0.05) is 0 Å². The summed E-state index contributed by atoms with van der Waals surface area (Å²) >= 11 is 0. The first kappa shape index (κ1) is 19.5. The molecule has 1 amide bonds. The molecule has 0 aromatic carbocycles. The molecule has 1 aliphatic heterocycles. The van der Waals surface area contributed by atoms with E-state index in [2.05, 4.69) is 26.3 Å². The lowest BCUT2D eigenvalue weighted by Gasteiger charge is -2.28. The topological polar surface area (TPSA) is 104 Å². The largest absolute Gasteiger partial charge is 0.444 e. The fraction of sp³-hybridized carbons (Fsp3) is 0.450. The number of ether oxygens (including phenoxy) is 1. The van der Waals surface area contributed by atoms with Gasteiger partial charge in [-0.15, -0.1) is 0 Å². The summed E-state index contributed by atoms with van der Waals surface area (Å²) in [4.78, 5) is 26.9. The summed E-state index contributed by atoms with van der Waals surface area (Å²) < 4.78 is 5.49. The minimum absolute atomic E-state index is 0.0628.